The number of anilines is 1. The highest BCUT2D eigenvalue weighted by atomic mass is 35.5. The summed E-state index contributed by atoms with van der Waals surface area (Å²) in [6.07, 6.45) is -2.45. The molecule has 29 heavy (non-hydrogen) atoms. The summed E-state index contributed by atoms with van der Waals surface area (Å²) >= 11 is 5.89. The van der Waals surface area contributed by atoms with Crippen molar-refractivity contribution in [3.63, 3.8) is 0 Å². The van der Waals surface area contributed by atoms with Crippen LogP contribution in [-0.4, -0.2) is 28.2 Å². The molecule has 0 saturated heterocycles. The van der Waals surface area contributed by atoms with Crippen LogP contribution in [0.5, 0.6) is 5.88 Å². The Morgan fingerprint density at radius 2 is 1.90 bits per heavy atom. The highest BCUT2D eigenvalue weighted by molar-refractivity contribution is 6.30. The Hall–Kier alpha value is -3.13. The highest BCUT2D eigenvalue weighted by Gasteiger charge is 2.38. The van der Waals surface area contributed by atoms with E-state index in [0.717, 1.165) is 6.92 Å². The Morgan fingerprint density at radius 3 is 2.52 bits per heavy atom. The fourth-order valence-corrected chi connectivity index (χ4v) is 2.51. The predicted molar refractivity (Wildman–Crippen MR) is 103 cm³/mol. The van der Waals surface area contributed by atoms with Gasteiger partial charge in [0.15, 0.2) is 6.10 Å². The topological polar surface area (TPSA) is 64.1 Å². The molecule has 1 amide bonds. The molecule has 0 aliphatic rings. The van der Waals surface area contributed by atoms with Crippen molar-refractivity contribution in [3.05, 3.63) is 71.6 Å². The third-order valence-corrected chi connectivity index (χ3v) is 4.19. The lowest BCUT2D eigenvalue weighted by Gasteiger charge is -2.19. The predicted octanol–water partition coefficient (Wildman–Crippen LogP) is 5.38. The molecule has 0 spiro atoms. The molecule has 1 N–H and O–H groups in total. The summed E-state index contributed by atoms with van der Waals surface area (Å²) in [4.78, 5) is 20.2. The first-order chi connectivity index (χ1) is 13.7. The van der Waals surface area contributed by atoms with Crippen molar-refractivity contribution in [1.82, 2.24) is 9.97 Å². The molecule has 5 nitrogen and oxygen atoms in total. The Kier molecular flexibility index (Phi) is 6.03. The monoisotopic (exact) mass is 421 g/mol. The maximum atomic E-state index is 12.9. The van der Waals surface area contributed by atoms with Gasteiger partial charge in [-0.2, -0.15) is 13.2 Å². The van der Waals surface area contributed by atoms with E-state index in [-0.39, 0.29) is 17.1 Å². The standard InChI is InChI=1S/C20H15ClF3N3O2/c1-12(20(22,23)24)29-19-17(13-4-6-15(21)7-5-13)9-16(11-26-19)27-18(28)14-3-2-8-25-10-14/h2-12H,1H3,(H,27,28)/t12-/m0/s1. The van der Waals surface area contributed by atoms with Crippen LogP contribution < -0.4 is 10.1 Å². The van der Waals surface area contributed by atoms with Crippen LogP contribution in [0.1, 0.15) is 17.3 Å². The number of nitrogens with zero attached hydrogens (tertiary/aromatic N) is 2. The molecule has 1 aromatic carbocycles. The summed E-state index contributed by atoms with van der Waals surface area (Å²) in [5.74, 6) is -0.643. The zero-order valence-corrected chi connectivity index (χ0v) is 15.8. The van der Waals surface area contributed by atoms with Gasteiger partial charge in [-0.1, -0.05) is 23.7 Å². The number of carbonyl (C=O) groups excluding carboxylic acids is 1. The van der Waals surface area contributed by atoms with Crippen LogP contribution in [0.15, 0.2) is 61.1 Å². The van der Waals surface area contributed by atoms with Gasteiger partial charge in [0.25, 0.3) is 5.91 Å². The molecule has 0 unspecified atom stereocenters. The SMILES string of the molecule is C[C@H](Oc1ncc(NC(=O)c2cccnc2)cc1-c1ccc(Cl)cc1)C(F)(F)F. The van der Waals surface area contributed by atoms with Crippen molar-refractivity contribution < 1.29 is 22.7 Å². The molecule has 0 radical (unpaired) electrons. The van der Waals surface area contributed by atoms with Crippen LogP contribution in [0.25, 0.3) is 11.1 Å². The van der Waals surface area contributed by atoms with E-state index in [1.165, 1.54) is 24.7 Å². The molecule has 0 aliphatic carbocycles. The molecule has 0 saturated carbocycles. The van der Waals surface area contributed by atoms with Crippen molar-refractivity contribution in [1.29, 1.82) is 0 Å². The van der Waals surface area contributed by atoms with Crippen molar-refractivity contribution in [2.45, 2.75) is 19.2 Å². The van der Waals surface area contributed by atoms with E-state index < -0.39 is 18.2 Å². The molecular formula is C20H15ClF3N3O2. The summed E-state index contributed by atoms with van der Waals surface area (Å²) in [7, 11) is 0. The third kappa shape index (κ3) is 5.23. The van der Waals surface area contributed by atoms with E-state index in [2.05, 4.69) is 15.3 Å². The van der Waals surface area contributed by atoms with Crippen LogP contribution in [0.4, 0.5) is 18.9 Å². The molecule has 3 rings (SSSR count). The van der Waals surface area contributed by atoms with Crippen molar-refractivity contribution in [2.24, 2.45) is 0 Å². The van der Waals surface area contributed by atoms with Crippen molar-refractivity contribution in [2.75, 3.05) is 5.32 Å². The molecular weight excluding hydrogens is 407 g/mol. The van der Waals surface area contributed by atoms with Crippen LogP contribution in [0.2, 0.25) is 5.02 Å². The zero-order valence-electron chi connectivity index (χ0n) is 15.1. The van der Waals surface area contributed by atoms with Gasteiger partial charge in [-0.05, 0) is 42.8 Å². The molecule has 0 fully saturated rings. The maximum absolute atomic E-state index is 12.9. The van der Waals surface area contributed by atoms with E-state index in [1.807, 2.05) is 0 Å². The number of nitrogens with one attached hydrogen (secondary N) is 1. The second-order valence-corrected chi connectivity index (χ2v) is 6.52. The summed E-state index contributed by atoms with van der Waals surface area (Å²) in [5.41, 5.74) is 1.42. The van der Waals surface area contributed by atoms with Crippen molar-refractivity contribution in [3.8, 4) is 17.0 Å². The third-order valence-electron chi connectivity index (χ3n) is 3.94. The van der Waals surface area contributed by atoms with Crippen molar-refractivity contribution >= 4 is 23.2 Å². The Morgan fingerprint density at radius 1 is 1.17 bits per heavy atom. The number of halogens is 4. The minimum absolute atomic E-state index is 0.212. The van der Waals surface area contributed by atoms with Crippen LogP contribution >= 0.6 is 11.6 Å². The number of rotatable bonds is 5. The highest BCUT2D eigenvalue weighted by Crippen LogP contribution is 2.34. The summed E-state index contributed by atoms with van der Waals surface area (Å²) in [5, 5.41) is 3.11. The molecule has 2 aromatic heterocycles. The number of aromatic nitrogens is 2. The van der Waals surface area contributed by atoms with Gasteiger partial charge in [0.2, 0.25) is 5.88 Å². The van der Waals surface area contributed by atoms with E-state index in [4.69, 9.17) is 16.3 Å². The fourth-order valence-electron chi connectivity index (χ4n) is 2.39. The molecule has 2 heterocycles. The summed E-state index contributed by atoms with van der Waals surface area (Å²) in [6.45, 7) is 0.894. The molecule has 150 valence electrons. The van der Waals surface area contributed by atoms with Gasteiger partial charge in [-0.15, -0.1) is 0 Å². The molecule has 0 aliphatic heterocycles. The van der Waals surface area contributed by atoms with E-state index in [9.17, 15) is 18.0 Å². The average Bonchev–Trinajstić information content (AvgIpc) is 2.69. The number of hydrogen-bond donors (Lipinski definition) is 1. The lowest BCUT2D eigenvalue weighted by atomic mass is 10.1. The Labute approximate surface area is 169 Å². The normalized spacial score (nSPS) is 12.3. The van der Waals surface area contributed by atoms with Gasteiger partial charge in [-0.3, -0.25) is 9.78 Å². The van der Waals surface area contributed by atoms with Gasteiger partial charge in [0.05, 0.1) is 17.4 Å². The second-order valence-electron chi connectivity index (χ2n) is 6.08. The second kappa shape index (κ2) is 8.48. The number of benzene rings is 1. The maximum Gasteiger partial charge on any atom is 0.425 e. The number of ether oxygens (including phenoxy) is 1. The first kappa shape index (κ1) is 20.6. The van der Waals surface area contributed by atoms with Crippen LogP contribution in [0.3, 0.4) is 0 Å². The number of alkyl halides is 3. The smallest absolute Gasteiger partial charge is 0.425 e. The Bertz CT molecular complexity index is 996. The quantitative estimate of drug-likeness (QED) is 0.600. The summed E-state index contributed by atoms with van der Waals surface area (Å²) < 4.78 is 43.8. The minimum Gasteiger partial charge on any atom is -0.465 e. The van der Waals surface area contributed by atoms with E-state index in [1.54, 1.807) is 36.4 Å². The van der Waals surface area contributed by atoms with Gasteiger partial charge >= 0.3 is 6.18 Å². The average molecular weight is 422 g/mol. The first-order valence-electron chi connectivity index (χ1n) is 8.45. The molecule has 3 aromatic rings. The number of carbonyl (C=O) groups is 1. The number of amides is 1. The number of hydrogen-bond acceptors (Lipinski definition) is 4. The van der Waals surface area contributed by atoms with Gasteiger partial charge in [0, 0.05) is 23.0 Å². The van der Waals surface area contributed by atoms with Gasteiger partial charge < -0.3 is 10.1 Å². The largest absolute Gasteiger partial charge is 0.465 e. The number of pyridine rings is 2. The lowest BCUT2D eigenvalue weighted by molar-refractivity contribution is -0.189. The fraction of sp³-hybridized carbons (Fsp3) is 0.150. The first-order valence-corrected chi connectivity index (χ1v) is 8.82. The van der Waals surface area contributed by atoms with E-state index >= 15 is 0 Å². The molecule has 0 bridgehead atoms. The summed E-state index contributed by atoms with van der Waals surface area (Å²) in [6, 6.07) is 11.1. The Balaban J connectivity index is 1.95. The van der Waals surface area contributed by atoms with Crippen LogP contribution in [0, 0.1) is 0 Å². The molecule has 1 atom stereocenters. The van der Waals surface area contributed by atoms with E-state index in [0.29, 0.717) is 16.1 Å². The van der Waals surface area contributed by atoms with Gasteiger partial charge in [-0.25, -0.2) is 4.98 Å². The zero-order chi connectivity index (χ0) is 21.0. The van der Waals surface area contributed by atoms with Crippen LogP contribution in [-0.2, 0) is 0 Å². The van der Waals surface area contributed by atoms with Gasteiger partial charge in [0.1, 0.15) is 0 Å². The lowest BCUT2D eigenvalue weighted by Crippen LogP contribution is -2.31. The molecule has 9 heteroatoms. The minimum atomic E-state index is -4.55.